The average molecular weight is 369 g/mol. The van der Waals surface area contributed by atoms with E-state index in [0.717, 1.165) is 29.1 Å². The van der Waals surface area contributed by atoms with Crippen molar-refractivity contribution in [2.24, 2.45) is 5.41 Å². The minimum absolute atomic E-state index is 0.244. The first-order valence-electron chi connectivity index (χ1n) is 7.02. The lowest BCUT2D eigenvalue weighted by molar-refractivity contribution is 0.265. The Kier molecular flexibility index (Phi) is 3.93. The minimum atomic E-state index is -0.244. The smallest absolute Gasteiger partial charge is 0.138 e. The van der Waals surface area contributed by atoms with Crippen LogP contribution in [0.15, 0.2) is 22.7 Å². The molecule has 1 aromatic carbocycles. The molecule has 1 unspecified atom stereocenters. The Morgan fingerprint density at radius 1 is 1.43 bits per heavy atom. The molecule has 1 aliphatic rings. The van der Waals surface area contributed by atoms with Gasteiger partial charge in [-0.25, -0.2) is 9.37 Å². The number of rotatable bonds is 2. The maximum Gasteiger partial charge on any atom is 0.138 e. The molecule has 112 valence electrons. The van der Waals surface area contributed by atoms with Crippen LogP contribution in [0.25, 0.3) is 10.6 Å². The maximum absolute atomic E-state index is 13.7. The molecule has 0 saturated carbocycles. The van der Waals surface area contributed by atoms with E-state index in [1.807, 2.05) is 13.1 Å². The Labute approximate surface area is 136 Å². The zero-order valence-corrected chi connectivity index (χ0v) is 14.7. The fourth-order valence-corrected chi connectivity index (χ4v) is 4.35. The molecule has 1 atom stereocenters. The van der Waals surface area contributed by atoms with Gasteiger partial charge in [-0.1, -0.05) is 19.9 Å². The first-order valence-corrected chi connectivity index (χ1v) is 8.63. The number of nitrogens with zero attached hydrogens (tertiary/aromatic N) is 1. The Bertz CT molecular complexity index is 681. The zero-order valence-electron chi connectivity index (χ0n) is 12.3. The van der Waals surface area contributed by atoms with E-state index in [-0.39, 0.29) is 11.2 Å². The van der Waals surface area contributed by atoms with Gasteiger partial charge in [-0.05, 0) is 53.4 Å². The molecule has 1 aromatic heterocycles. The van der Waals surface area contributed by atoms with Gasteiger partial charge in [0.05, 0.1) is 10.2 Å². The molecule has 1 aliphatic carbocycles. The van der Waals surface area contributed by atoms with E-state index in [1.165, 1.54) is 4.88 Å². The summed E-state index contributed by atoms with van der Waals surface area (Å²) >= 11 is 4.87. The third-order valence-corrected chi connectivity index (χ3v) is 5.87. The SMILES string of the molecule is CNC1CC(C)(C)Cc2nc(-c3ccc(Br)c(F)c3)sc21. The Morgan fingerprint density at radius 3 is 2.86 bits per heavy atom. The highest BCUT2D eigenvalue weighted by Crippen LogP contribution is 2.44. The molecule has 0 aliphatic heterocycles. The second-order valence-electron chi connectivity index (χ2n) is 6.35. The predicted octanol–water partition coefficient (Wildman–Crippen LogP) is 4.94. The first-order chi connectivity index (χ1) is 9.89. The van der Waals surface area contributed by atoms with Crippen LogP contribution in [-0.2, 0) is 6.42 Å². The molecule has 0 fully saturated rings. The van der Waals surface area contributed by atoms with Crippen LogP contribution in [0.4, 0.5) is 4.39 Å². The number of hydrogen-bond donors (Lipinski definition) is 1. The molecule has 0 amide bonds. The van der Waals surface area contributed by atoms with Gasteiger partial charge in [-0.2, -0.15) is 0 Å². The van der Waals surface area contributed by atoms with Gasteiger partial charge in [0.25, 0.3) is 0 Å². The molecule has 0 saturated heterocycles. The van der Waals surface area contributed by atoms with E-state index in [1.54, 1.807) is 23.5 Å². The van der Waals surface area contributed by atoms with Gasteiger partial charge in [0.2, 0.25) is 0 Å². The van der Waals surface area contributed by atoms with Gasteiger partial charge in [0.1, 0.15) is 10.8 Å². The number of fused-ring (bicyclic) bond motifs is 1. The number of benzene rings is 1. The predicted molar refractivity (Wildman–Crippen MR) is 89.1 cm³/mol. The fraction of sp³-hybridized carbons (Fsp3) is 0.438. The molecule has 1 N–H and O–H groups in total. The normalized spacial score (nSPS) is 20.3. The summed E-state index contributed by atoms with van der Waals surface area (Å²) in [6, 6.07) is 5.55. The van der Waals surface area contributed by atoms with Crippen LogP contribution in [-0.4, -0.2) is 12.0 Å². The summed E-state index contributed by atoms with van der Waals surface area (Å²) in [5, 5.41) is 4.30. The van der Waals surface area contributed by atoms with Crippen LogP contribution in [0.3, 0.4) is 0 Å². The van der Waals surface area contributed by atoms with Crippen molar-refractivity contribution in [3.05, 3.63) is 39.1 Å². The third-order valence-electron chi connectivity index (χ3n) is 3.96. The number of nitrogens with one attached hydrogen (secondary N) is 1. The lowest BCUT2D eigenvalue weighted by Crippen LogP contribution is -2.30. The third kappa shape index (κ3) is 2.91. The summed E-state index contributed by atoms with van der Waals surface area (Å²) in [7, 11) is 1.99. The highest BCUT2D eigenvalue weighted by Gasteiger charge is 2.34. The highest BCUT2D eigenvalue weighted by atomic mass is 79.9. The Hall–Kier alpha value is -0.780. The zero-order chi connectivity index (χ0) is 15.2. The van der Waals surface area contributed by atoms with E-state index >= 15 is 0 Å². The molecule has 0 spiro atoms. The van der Waals surface area contributed by atoms with Crippen molar-refractivity contribution in [2.75, 3.05) is 7.05 Å². The van der Waals surface area contributed by atoms with E-state index in [0.29, 0.717) is 10.5 Å². The molecule has 3 rings (SSSR count). The molecule has 0 radical (unpaired) electrons. The van der Waals surface area contributed by atoms with Crippen molar-refractivity contribution in [3.63, 3.8) is 0 Å². The summed E-state index contributed by atoms with van der Waals surface area (Å²) in [5.41, 5.74) is 2.26. The summed E-state index contributed by atoms with van der Waals surface area (Å²) in [6.45, 7) is 4.55. The lowest BCUT2D eigenvalue weighted by atomic mass is 9.76. The summed E-state index contributed by atoms with van der Waals surface area (Å²) in [5.74, 6) is -0.244. The van der Waals surface area contributed by atoms with Crippen molar-refractivity contribution in [1.29, 1.82) is 0 Å². The monoisotopic (exact) mass is 368 g/mol. The minimum Gasteiger partial charge on any atom is -0.312 e. The molecule has 21 heavy (non-hydrogen) atoms. The van der Waals surface area contributed by atoms with Gasteiger partial charge in [-0.3, -0.25) is 0 Å². The quantitative estimate of drug-likeness (QED) is 0.811. The molecule has 1 heterocycles. The second-order valence-corrected chi connectivity index (χ2v) is 8.23. The molecule has 5 heteroatoms. The summed E-state index contributed by atoms with van der Waals surface area (Å²) in [6.07, 6.45) is 2.09. The Balaban J connectivity index is 2.04. The van der Waals surface area contributed by atoms with Crippen molar-refractivity contribution < 1.29 is 4.39 Å². The molecule has 2 nitrogen and oxygen atoms in total. The molecular weight excluding hydrogens is 351 g/mol. The van der Waals surface area contributed by atoms with Crippen molar-refractivity contribution >= 4 is 27.3 Å². The molecule has 0 bridgehead atoms. The summed E-state index contributed by atoms with van der Waals surface area (Å²) in [4.78, 5) is 6.08. The van der Waals surface area contributed by atoms with Crippen LogP contribution in [0, 0.1) is 11.2 Å². The number of hydrogen-bond acceptors (Lipinski definition) is 3. The van der Waals surface area contributed by atoms with Gasteiger partial charge in [0.15, 0.2) is 0 Å². The van der Waals surface area contributed by atoms with Crippen LogP contribution in [0.5, 0.6) is 0 Å². The van der Waals surface area contributed by atoms with Crippen LogP contribution < -0.4 is 5.32 Å². The highest BCUT2D eigenvalue weighted by molar-refractivity contribution is 9.10. The van der Waals surface area contributed by atoms with Crippen LogP contribution in [0.1, 0.15) is 36.9 Å². The van der Waals surface area contributed by atoms with Gasteiger partial charge < -0.3 is 5.32 Å². The number of halogens is 2. The maximum atomic E-state index is 13.7. The number of thiazole rings is 1. The molecule has 2 aromatic rings. The number of aromatic nitrogens is 1. The van der Waals surface area contributed by atoms with E-state index in [9.17, 15) is 4.39 Å². The van der Waals surface area contributed by atoms with Crippen molar-refractivity contribution in [1.82, 2.24) is 10.3 Å². The van der Waals surface area contributed by atoms with Crippen molar-refractivity contribution in [3.8, 4) is 10.6 Å². The first kappa shape index (κ1) is 15.1. The largest absolute Gasteiger partial charge is 0.312 e. The van der Waals surface area contributed by atoms with Gasteiger partial charge in [-0.15, -0.1) is 11.3 Å². The van der Waals surface area contributed by atoms with E-state index in [4.69, 9.17) is 4.98 Å². The van der Waals surface area contributed by atoms with E-state index in [2.05, 4.69) is 35.1 Å². The van der Waals surface area contributed by atoms with Crippen molar-refractivity contribution in [2.45, 2.75) is 32.7 Å². The van der Waals surface area contributed by atoms with Gasteiger partial charge >= 0.3 is 0 Å². The van der Waals surface area contributed by atoms with Crippen LogP contribution in [0.2, 0.25) is 0 Å². The standard InChI is InChI=1S/C16H18BrFN2S/c1-16(2)7-12(19-3)14-13(8-16)20-15(21-14)9-4-5-10(17)11(18)6-9/h4-6,12,19H,7-8H2,1-3H3. The fourth-order valence-electron chi connectivity index (χ4n) is 2.92. The molecular formula is C16H18BrFN2S. The van der Waals surface area contributed by atoms with Crippen LogP contribution >= 0.6 is 27.3 Å². The van der Waals surface area contributed by atoms with E-state index < -0.39 is 0 Å². The second kappa shape index (κ2) is 5.45. The Morgan fingerprint density at radius 2 is 2.19 bits per heavy atom. The van der Waals surface area contributed by atoms with Gasteiger partial charge in [0, 0.05) is 16.5 Å². The topological polar surface area (TPSA) is 24.9 Å². The lowest BCUT2D eigenvalue weighted by Gasteiger charge is -2.34. The average Bonchev–Trinajstić information content (AvgIpc) is 2.83. The summed E-state index contributed by atoms with van der Waals surface area (Å²) < 4.78 is 14.2.